The number of aryl methyl sites for hydroxylation is 1. The molecule has 1 fully saturated rings. The molecule has 2 aromatic heterocycles. The predicted molar refractivity (Wildman–Crippen MR) is 116 cm³/mol. The van der Waals surface area contributed by atoms with Gasteiger partial charge in [-0.25, -0.2) is 0 Å². The molecule has 4 rings (SSSR count). The summed E-state index contributed by atoms with van der Waals surface area (Å²) in [6.45, 7) is 4.65. The first-order valence-electron chi connectivity index (χ1n) is 10.5. The molecule has 32 heavy (non-hydrogen) atoms. The Morgan fingerprint density at radius 2 is 1.91 bits per heavy atom. The van der Waals surface area contributed by atoms with E-state index in [9.17, 15) is 9.59 Å². The van der Waals surface area contributed by atoms with Crippen molar-refractivity contribution in [3.8, 4) is 5.88 Å². The third-order valence-electron chi connectivity index (χ3n) is 5.43. The van der Waals surface area contributed by atoms with E-state index in [2.05, 4.69) is 15.6 Å². The van der Waals surface area contributed by atoms with Crippen LogP contribution in [0.1, 0.15) is 29.2 Å². The number of nitrogens with zero attached hydrogens (tertiary/aromatic N) is 5. The molecule has 10 nitrogen and oxygen atoms in total. The van der Waals surface area contributed by atoms with Crippen LogP contribution in [0.5, 0.6) is 5.88 Å². The van der Waals surface area contributed by atoms with E-state index in [1.54, 1.807) is 9.58 Å². The Morgan fingerprint density at radius 1 is 1.16 bits per heavy atom. The minimum Gasteiger partial charge on any atom is -0.479 e. The van der Waals surface area contributed by atoms with Gasteiger partial charge in [0.1, 0.15) is 6.04 Å². The molecular formula is C22H26N6O4. The summed E-state index contributed by atoms with van der Waals surface area (Å²) in [5.41, 5.74) is 1.41. The maximum atomic E-state index is 13.3. The Kier molecular flexibility index (Phi) is 6.50. The second kappa shape index (κ2) is 9.65. The van der Waals surface area contributed by atoms with Crippen molar-refractivity contribution in [2.24, 2.45) is 0 Å². The molecule has 1 atom stereocenters. The highest BCUT2D eigenvalue weighted by Crippen LogP contribution is 2.24. The zero-order chi connectivity index (χ0) is 22.5. The fourth-order valence-electron chi connectivity index (χ4n) is 3.71. The lowest BCUT2D eigenvalue weighted by molar-refractivity contribution is -0.122. The van der Waals surface area contributed by atoms with E-state index in [0.29, 0.717) is 31.9 Å². The number of ether oxygens (including phenoxy) is 1. The lowest BCUT2D eigenvalue weighted by atomic mass is 10.1. The Labute approximate surface area is 185 Å². The number of amides is 2. The molecule has 3 heterocycles. The van der Waals surface area contributed by atoms with Crippen LogP contribution in [0.4, 0.5) is 5.69 Å². The minimum atomic E-state index is -0.564. The summed E-state index contributed by atoms with van der Waals surface area (Å²) in [6, 6.07) is 12.1. The lowest BCUT2D eigenvalue weighted by Gasteiger charge is -2.37. The molecule has 1 aliphatic rings. The molecule has 2 amide bonds. The molecule has 1 unspecified atom stereocenters. The van der Waals surface area contributed by atoms with Gasteiger partial charge in [0.15, 0.2) is 0 Å². The third kappa shape index (κ3) is 4.65. The molecule has 0 radical (unpaired) electrons. The molecule has 0 bridgehead atoms. The topological polar surface area (TPSA) is 106 Å². The molecule has 0 spiro atoms. The van der Waals surface area contributed by atoms with Crippen LogP contribution < -0.4 is 10.1 Å². The Bertz CT molecular complexity index is 1060. The number of benzene rings is 1. The highest BCUT2D eigenvalue weighted by molar-refractivity contribution is 5.95. The van der Waals surface area contributed by atoms with Gasteiger partial charge in [-0.15, -0.1) is 0 Å². The van der Waals surface area contributed by atoms with E-state index < -0.39 is 6.04 Å². The summed E-state index contributed by atoms with van der Waals surface area (Å²) >= 11 is 0. The molecule has 1 N–H and O–H groups in total. The lowest BCUT2D eigenvalue weighted by Crippen LogP contribution is -2.51. The van der Waals surface area contributed by atoms with Crippen LogP contribution >= 0.6 is 0 Å². The van der Waals surface area contributed by atoms with Gasteiger partial charge in [0.2, 0.25) is 11.7 Å². The number of piperazine rings is 1. The Balaban J connectivity index is 1.48. The SMILES string of the molecule is CCn1ccc(C(C(=O)Nc2ccccc2)N2CCN(C(=O)c3cc(OC)no3)CC2)n1. The second-order valence-electron chi connectivity index (χ2n) is 7.42. The molecular weight excluding hydrogens is 412 g/mol. The molecule has 1 aliphatic heterocycles. The number of carbonyl (C=O) groups excluding carboxylic acids is 2. The van der Waals surface area contributed by atoms with Crippen molar-refractivity contribution in [3.63, 3.8) is 0 Å². The van der Waals surface area contributed by atoms with Gasteiger partial charge in [0.25, 0.3) is 11.8 Å². The quantitative estimate of drug-likeness (QED) is 0.602. The average molecular weight is 438 g/mol. The van der Waals surface area contributed by atoms with E-state index in [-0.39, 0.29) is 23.5 Å². The molecule has 0 aliphatic carbocycles. The normalized spacial score (nSPS) is 15.4. The van der Waals surface area contributed by atoms with E-state index in [1.165, 1.54) is 13.2 Å². The Hall–Kier alpha value is -3.66. The Morgan fingerprint density at radius 3 is 2.53 bits per heavy atom. The van der Waals surface area contributed by atoms with Crippen molar-refractivity contribution in [1.82, 2.24) is 24.7 Å². The van der Waals surface area contributed by atoms with Gasteiger partial charge in [-0.05, 0) is 30.3 Å². The van der Waals surface area contributed by atoms with Gasteiger partial charge in [-0.1, -0.05) is 18.2 Å². The van der Waals surface area contributed by atoms with Gasteiger partial charge in [-0.2, -0.15) is 5.10 Å². The van der Waals surface area contributed by atoms with Crippen molar-refractivity contribution in [3.05, 3.63) is 60.1 Å². The zero-order valence-corrected chi connectivity index (χ0v) is 18.1. The zero-order valence-electron chi connectivity index (χ0n) is 18.1. The summed E-state index contributed by atoms with van der Waals surface area (Å²) in [6.07, 6.45) is 1.87. The van der Waals surface area contributed by atoms with Crippen molar-refractivity contribution < 1.29 is 18.8 Å². The summed E-state index contributed by atoms with van der Waals surface area (Å²) in [5, 5.41) is 11.3. The fourth-order valence-corrected chi connectivity index (χ4v) is 3.71. The first-order valence-corrected chi connectivity index (χ1v) is 10.5. The number of hydrogen-bond acceptors (Lipinski definition) is 7. The smallest absolute Gasteiger partial charge is 0.292 e. The largest absolute Gasteiger partial charge is 0.479 e. The van der Waals surface area contributed by atoms with Crippen LogP contribution in [0.3, 0.4) is 0 Å². The van der Waals surface area contributed by atoms with E-state index >= 15 is 0 Å². The highest BCUT2D eigenvalue weighted by atomic mass is 16.5. The summed E-state index contributed by atoms with van der Waals surface area (Å²) < 4.78 is 11.9. The van der Waals surface area contributed by atoms with Crippen molar-refractivity contribution >= 4 is 17.5 Å². The molecule has 10 heteroatoms. The van der Waals surface area contributed by atoms with E-state index in [1.807, 2.05) is 54.4 Å². The van der Waals surface area contributed by atoms with Crippen LogP contribution in [0.15, 0.2) is 53.2 Å². The summed E-state index contributed by atoms with van der Waals surface area (Å²) in [5.74, 6) is -0.00944. The van der Waals surface area contributed by atoms with Crippen molar-refractivity contribution in [2.45, 2.75) is 19.5 Å². The maximum Gasteiger partial charge on any atom is 0.292 e. The number of anilines is 1. The number of nitrogens with one attached hydrogen (secondary N) is 1. The number of hydrogen-bond donors (Lipinski definition) is 1. The van der Waals surface area contributed by atoms with Crippen LogP contribution in [-0.4, -0.2) is 69.8 Å². The van der Waals surface area contributed by atoms with E-state index in [0.717, 1.165) is 12.2 Å². The number of methoxy groups -OCH3 is 1. The monoisotopic (exact) mass is 438 g/mol. The van der Waals surface area contributed by atoms with Crippen LogP contribution in [0, 0.1) is 0 Å². The van der Waals surface area contributed by atoms with Crippen LogP contribution in [-0.2, 0) is 11.3 Å². The van der Waals surface area contributed by atoms with Crippen LogP contribution in [0.2, 0.25) is 0 Å². The number of para-hydroxylation sites is 1. The van der Waals surface area contributed by atoms with Gasteiger partial charge in [0, 0.05) is 44.6 Å². The standard InChI is InChI=1S/C22H26N6O4/c1-3-28-10-9-17(24-28)20(21(29)23-16-7-5-4-6-8-16)26-11-13-27(14-12-26)22(30)18-15-19(31-2)25-32-18/h4-10,15,20H,3,11-14H2,1-2H3,(H,23,29). The van der Waals surface area contributed by atoms with Gasteiger partial charge in [0.05, 0.1) is 18.9 Å². The second-order valence-corrected chi connectivity index (χ2v) is 7.42. The summed E-state index contributed by atoms with van der Waals surface area (Å²) in [7, 11) is 1.46. The maximum absolute atomic E-state index is 13.3. The van der Waals surface area contributed by atoms with Gasteiger partial charge < -0.3 is 19.5 Å². The number of rotatable bonds is 7. The average Bonchev–Trinajstić information content (AvgIpc) is 3.50. The predicted octanol–water partition coefficient (Wildman–Crippen LogP) is 2.04. The first-order chi connectivity index (χ1) is 15.6. The van der Waals surface area contributed by atoms with Crippen LogP contribution in [0.25, 0.3) is 0 Å². The molecule has 168 valence electrons. The highest BCUT2D eigenvalue weighted by Gasteiger charge is 2.34. The van der Waals surface area contributed by atoms with Gasteiger partial charge >= 0.3 is 0 Å². The molecule has 3 aromatic rings. The van der Waals surface area contributed by atoms with Gasteiger partial charge in [-0.3, -0.25) is 19.2 Å². The fraction of sp³-hybridized carbons (Fsp3) is 0.364. The summed E-state index contributed by atoms with van der Waals surface area (Å²) in [4.78, 5) is 29.7. The number of aromatic nitrogens is 3. The third-order valence-corrected chi connectivity index (χ3v) is 5.43. The van der Waals surface area contributed by atoms with Crippen molar-refractivity contribution in [1.29, 1.82) is 0 Å². The number of carbonyl (C=O) groups is 2. The molecule has 1 saturated heterocycles. The first kappa shape index (κ1) is 21.6. The minimum absolute atomic E-state index is 0.135. The van der Waals surface area contributed by atoms with E-state index in [4.69, 9.17) is 9.26 Å². The molecule has 1 aromatic carbocycles. The van der Waals surface area contributed by atoms with Crippen molar-refractivity contribution in [2.75, 3.05) is 38.6 Å². The molecule has 0 saturated carbocycles.